The summed E-state index contributed by atoms with van der Waals surface area (Å²) in [5, 5.41) is 2.57. The van der Waals surface area contributed by atoms with Crippen molar-refractivity contribution in [2.75, 3.05) is 11.9 Å². The third-order valence-corrected chi connectivity index (χ3v) is 4.28. The van der Waals surface area contributed by atoms with Gasteiger partial charge in [0, 0.05) is 12.4 Å². The van der Waals surface area contributed by atoms with Crippen LogP contribution in [0.25, 0.3) is 0 Å². The predicted molar refractivity (Wildman–Crippen MR) is 73.2 cm³/mol. The molecule has 0 bridgehead atoms. The first-order valence-electron chi connectivity index (χ1n) is 6.09. The Morgan fingerprint density at radius 2 is 2.24 bits per heavy atom. The van der Waals surface area contributed by atoms with Gasteiger partial charge in [-0.2, -0.15) is 0 Å². The summed E-state index contributed by atoms with van der Waals surface area (Å²) in [6.07, 6.45) is 3.14. The molecular weight excluding hydrogens is 296 g/mol. The number of aromatic amines is 1. The second-order valence-corrected chi connectivity index (χ2v) is 6.12. The molecule has 3 N–H and O–H groups in total. The Bertz CT molecular complexity index is 771. The third-order valence-electron chi connectivity index (χ3n) is 2.88. The van der Waals surface area contributed by atoms with Gasteiger partial charge in [0.2, 0.25) is 10.0 Å². The van der Waals surface area contributed by atoms with E-state index in [9.17, 15) is 13.2 Å². The van der Waals surface area contributed by atoms with Crippen LogP contribution in [0.4, 0.5) is 5.69 Å². The van der Waals surface area contributed by atoms with Crippen molar-refractivity contribution in [3.05, 3.63) is 36.4 Å². The lowest BCUT2D eigenvalue weighted by Crippen LogP contribution is -2.27. The van der Waals surface area contributed by atoms with Crippen LogP contribution < -0.4 is 14.8 Å². The number of fused-ring (bicyclic) bond motifs is 1. The average molecular weight is 308 g/mol. The summed E-state index contributed by atoms with van der Waals surface area (Å²) < 4.78 is 32.0. The van der Waals surface area contributed by atoms with Gasteiger partial charge < -0.3 is 15.0 Å². The summed E-state index contributed by atoms with van der Waals surface area (Å²) in [5.41, 5.74) is 0.340. The number of benzene rings is 1. The maximum Gasteiger partial charge on any atom is 0.262 e. The highest BCUT2D eigenvalue weighted by Gasteiger charge is 2.20. The Morgan fingerprint density at radius 1 is 1.38 bits per heavy atom. The van der Waals surface area contributed by atoms with Crippen molar-refractivity contribution < 1.29 is 17.9 Å². The summed E-state index contributed by atoms with van der Waals surface area (Å²) in [6, 6.07) is 4.29. The fourth-order valence-corrected chi connectivity index (χ4v) is 2.88. The summed E-state index contributed by atoms with van der Waals surface area (Å²) >= 11 is 0. The third kappa shape index (κ3) is 2.88. The minimum absolute atomic E-state index is 0.0404. The largest absolute Gasteiger partial charge is 0.482 e. The van der Waals surface area contributed by atoms with E-state index in [1.54, 1.807) is 6.20 Å². The quantitative estimate of drug-likeness (QED) is 0.747. The zero-order chi connectivity index (χ0) is 14.9. The molecule has 2 heterocycles. The van der Waals surface area contributed by atoms with E-state index in [0.717, 1.165) is 0 Å². The van der Waals surface area contributed by atoms with Crippen LogP contribution in [0.1, 0.15) is 5.82 Å². The van der Waals surface area contributed by atoms with Crippen molar-refractivity contribution in [1.29, 1.82) is 0 Å². The van der Waals surface area contributed by atoms with Gasteiger partial charge in [0.25, 0.3) is 5.91 Å². The molecule has 9 heteroatoms. The summed E-state index contributed by atoms with van der Waals surface area (Å²) in [4.78, 5) is 18.0. The van der Waals surface area contributed by atoms with E-state index in [1.807, 2.05) is 0 Å². The molecule has 1 aliphatic rings. The van der Waals surface area contributed by atoms with Gasteiger partial charge in [-0.15, -0.1) is 0 Å². The predicted octanol–water partition coefficient (Wildman–Crippen LogP) is 0.219. The molecule has 0 atom stereocenters. The lowest BCUT2D eigenvalue weighted by molar-refractivity contribution is -0.118. The van der Waals surface area contributed by atoms with Crippen molar-refractivity contribution in [3.63, 3.8) is 0 Å². The number of aromatic nitrogens is 2. The molecule has 1 aliphatic heterocycles. The fourth-order valence-electron chi connectivity index (χ4n) is 1.87. The highest BCUT2D eigenvalue weighted by Crippen LogP contribution is 2.29. The van der Waals surface area contributed by atoms with E-state index in [4.69, 9.17) is 4.74 Å². The number of ether oxygens (including phenoxy) is 1. The molecule has 8 nitrogen and oxygen atoms in total. The number of H-pyrrole nitrogens is 1. The molecule has 0 fully saturated rings. The van der Waals surface area contributed by atoms with E-state index in [0.29, 0.717) is 17.3 Å². The minimum Gasteiger partial charge on any atom is -0.482 e. The van der Waals surface area contributed by atoms with Gasteiger partial charge in [-0.3, -0.25) is 4.79 Å². The molecule has 0 unspecified atom stereocenters. The van der Waals surface area contributed by atoms with Crippen molar-refractivity contribution in [3.8, 4) is 5.75 Å². The van der Waals surface area contributed by atoms with Crippen LogP contribution in [-0.2, 0) is 21.4 Å². The van der Waals surface area contributed by atoms with Crippen LogP contribution in [0.3, 0.4) is 0 Å². The summed E-state index contributed by atoms with van der Waals surface area (Å²) in [6.45, 7) is -0.0227. The van der Waals surface area contributed by atoms with Crippen molar-refractivity contribution in [2.24, 2.45) is 0 Å². The normalized spacial score (nSPS) is 14.2. The first-order valence-corrected chi connectivity index (χ1v) is 7.57. The number of rotatable bonds is 4. The molecular formula is C12H12N4O4S. The van der Waals surface area contributed by atoms with Gasteiger partial charge in [-0.1, -0.05) is 0 Å². The molecule has 2 aromatic rings. The Kier molecular flexibility index (Phi) is 3.35. The van der Waals surface area contributed by atoms with Gasteiger partial charge in [-0.05, 0) is 18.2 Å². The first kappa shape index (κ1) is 13.6. The molecule has 1 aromatic heterocycles. The van der Waals surface area contributed by atoms with Crippen LogP contribution in [0.5, 0.6) is 5.75 Å². The number of hydrogen-bond donors (Lipinski definition) is 3. The van der Waals surface area contributed by atoms with Crippen LogP contribution in [-0.4, -0.2) is 30.9 Å². The van der Waals surface area contributed by atoms with Crippen LogP contribution in [0.15, 0.2) is 35.5 Å². The molecule has 1 amide bonds. The molecule has 0 spiro atoms. The van der Waals surface area contributed by atoms with Gasteiger partial charge >= 0.3 is 0 Å². The molecule has 0 aliphatic carbocycles. The first-order chi connectivity index (χ1) is 10.0. The van der Waals surface area contributed by atoms with E-state index in [-0.39, 0.29) is 24.0 Å². The van der Waals surface area contributed by atoms with Crippen molar-refractivity contribution in [1.82, 2.24) is 14.7 Å². The van der Waals surface area contributed by atoms with Gasteiger partial charge in [0.15, 0.2) is 6.61 Å². The SMILES string of the molecule is O=C1COc2ccc(S(=O)(=O)NCc3ncc[nH]3)cc2N1. The zero-order valence-corrected chi connectivity index (χ0v) is 11.6. The van der Waals surface area contributed by atoms with Gasteiger partial charge in [-0.25, -0.2) is 18.1 Å². The standard InChI is InChI=1S/C12H12N4O4S/c17-12-7-20-10-2-1-8(5-9(10)16-12)21(18,19)15-6-11-13-3-4-14-11/h1-5,15H,6-7H2,(H,13,14)(H,16,17). The lowest BCUT2D eigenvalue weighted by Gasteiger charge is -2.18. The smallest absolute Gasteiger partial charge is 0.262 e. The number of carbonyl (C=O) groups excluding carboxylic acids is 1. The fraction of sp³-hybridized carbons (Fsp3) is 0.167. The molecule has 0 radical (unpaired) electrons. The number of carbonyl (C=O) groups is 1. The second kappa shape index (κ2) is 5.19. The van der Waals surface area contributed by atoms with E-state index in [2.05, 4.69) is 20.0 Å². The Balaban J connectivity index is 1.82. The number of anilines is 1. The van der Waals surface area contributed by atoms with Crippen molar-refractivity contribution in [2.45, 2.75) is 11.4 Å². The molecule has 110 valence electrons. The molecule has 0 saturated heterocycles. The van der Waals surface area contributed by atoms with Gasteiger partial charge in [0.05, 0.1) is 17.1 Å². The molecule has 21 heavy (non-hydrogen) atoms. The van der Waals surface area contributed by atoms with Crippen LogP contribution >= 0.6 is 0 Å². The molecule has 3 rings (SSSR count). The van der Waals surface area contributed by atoms with Gasteiger partial charge in [0.1, 0.15) is 11.6 Å². The van der Waals surface area contributed by atoms with E-state index in [1.165, 1.54) is 24.4 Å². The van der Waals surface area contributed by atoms with E-state index >= 15 is 0 Å². The maximum atomic E-state index is 12.2. The molecule has 0 saturated carbocycles. The topological polar surface area (TPSA) is 113 Å². The molecule has 1 aromatic carbocycles. The Morgan fingerprint density at radius 3 is 3.00 bits per heavy atom. The maximum absolute atomic E-state index is 12.2. The highest BCUT2D eigenvalue weighted by molar-refractivity contribution is 7.89. The highest BCUT2D eigenvalue weighted by atomic mass is 32.2. The Hall–Kier alpha value is -2.39. The van der Waals surface area contributed by atoms with E-state index < -0.39 is 10.0 Å². The van der Waals surface area contributed by atoms with Crippen LogP contribution in [0.2, 0.25) is 0 Å². The second-order valence-electron chi connectivity index (χ2n) is 4.36. The lowest BCUT2D eigenvalue weighted by atomic mass is 10.2. The number of hydrogen-bond acceptors (Lipinski definition) is 5. The minimum atomic E-state index is -3.70. The monoisotopic (exact) mass is 308 g/mol. The number of amides is 1. The Labute approximate surface area is 120 Å². The number of imidazole rings is 1. The van der Waals surface area contributed by atoms with Crippen molar-refractivity contribution >= 4 is 21.6 Å². The average Bonchev–Trinajstić information content (AvgIpc) is 2.98. The summed E-state index contributed by atoms with van der Waals surface area (Å²) in [7, 11) is -3.70. The zero-order valence-electron chi connectivity index (χ0n) is 10.8. The summed E-state index contributed by atoms with van der Waals surface area (Å²) in [5.74, 6) is 0.633. The number of nitrogens with one attached hydrogen (secondary N) is 3. The number of sulfonamides is 1. The number of nitrogens with zero attached hydrogens (tertiary/aromatic N) is 1. The van der Waals surface area contributed by atoms with Crippen LogP contribution in [0, 0.1) is 0 Å².